The van der Waals surface area contributed by atoms with E-state index in [0.29, 0.717) is 76.8 Å². The van der Waals surface area contributed by atoms with Crippen LogP contribution in [-0.4, -0.2) is 75.7 Å². The molecule has 1 aliphatic heterocycles. The van der Waals surface area contributed by atoms with Gasteiger partial charge in [0, 0.05) is 53.4 Å². The number of ether oxygens (including phenoxy) is 4. The lowest BCUT2D eigenvalue weighted by molar-refractivity contribution is -0.127. The van der Waals surface area contributed by atoms with Gasteiger partial charge in [-0.05, 0) is 60.5 Å². The molecule has 3 aromatic rings. The van der Waals surface area contributed by atoms with Crippen LogP contribution in [0.4, 0.5) is 0 Å². The highest BCUT2D eigenvalue weighted by molar-refractivity contribution is 6.34. The number of amides is 2. The number of nitrogens with zero attached hydrogens (tertiary/aromatic N) is 2. The van der Waals surface area contributed by atoms with Crippen molar-refractivity contribution in [1.82, 2.24) is 9.80 Å². The molecule has 0 aromatic heterocycles. The van der Waals surface area contributed by atoms with Crippen LogP contribution in [0.2, 0.25) is 10.0 Å². The first-order valence-electron chi connectivity index (χ1n) is 13.1. The van der Waals surface area contributed by atoms with Gasteiger partial charge in [-0.3, -0.25) is 9.59 Å². The molecule has 10 heteroatoms. The first-order chi connectivity index (χ1) is 19.8. The monoisotopic (exact) mass is 598 g/mol. The lowest BCUT2D eigenvalue weighted by Gasteiger charge is -2.34. The van der Waals surface area contributed by atoms with E-state index in [-0.39, 0.29) is 11.8 Å². The van der Waals surface area contributed by atoms with Crippen LogP contribution in [0.5, 0.6) is 23.0 Å². The molecule has 4 rings (SSSR count). The first kappa shape index (κ1) is 30.1. The van der Waals surface area contributed by atoms with Crippen molar-refractivity contribution in [3.05, 3.63) is 87.4 Å². The molecule has 216 valence electrons. The smallest absolute Gasteiger partial charge is 0.254 e. The second-order valence-electron chi connectivity index (χ2n) is 9.17. The molecule has 0 radical (unpaired) electrons. The Bertz CT molecular complexity index is 1410. The maximum atomic E-state index is 13.5. The zero-order valence-corrected chi connectivity index (χ0v) is 24.9. The van der Waals surface area contributed by atoms with Gasteiger partial charge >= 0.3 is 0 Å². The standard InChI is InChI=1S/C31H32Cl2N2O6/c1-5-41-23-9-6-20(7-10-23)24(25-18-22(32)8-11-26(25)33)19-29(36)34-12-14-35(15-13-34)31(37)21-16-27(38-2)30(40-4)28(17-21)39-3/h6-11,16-19H,5,12-15H2,1-4H3/b24-19+. The minimum atomic E-state index is -0.190. The summed E-state index contributed by atoms with van der Waals surface area (Å²) in [5.41, 5.74) is 2.49. The SMILES string of the molecule is CCOc1ccc(/C(=C\C(=O)N2CCN(C(=O)c3cc(OC)c(OC)c(OC)c3)CC2)c2cc(Cl)ccc2Cl)cc1. The maximum absolute atomic E-state index is 13.5. The number of rotatable bonds is 9. The minimum Gasteiger partial charge on any atom is -0.494 e. The topological polar surface area (TPSA) is 77.5 Å². The Morgan fingerprint density at radius 1 is 0.805 bits per heavy atom. The molecule has 2 amide bonds. The number of hydrogen-bond donors (Lipinski definition) is 0. The summed E-state index contributed by atoms with van der Waals surface area (Å²) in [4.78, 5) is 30.2. The number of methoxy groups -OCH3 is 3. The summed E-state index contributed by atoms with van der Waals surface area (Å²) in [6, 6.07) is 15.9. The van der Waals surface area contributed by atoms with Gasteiger partial charge in [0.1, 0.15) is 5.75 Å². The number of halogens is 2. The Balaban J connectivity index is 1.54. The molecule has 0 unspecified atom stereocenters. The van der Waals surface area contributed by atoms with E-state index in [0.717, 1.165) is 11.3 Å². The van der Waals surface area contributed by atoms with Crippen molar-refractivity contribution in [3.63, 3.8) is 0 Å². The van der Waals surface area contributed by atoms with Gasteiger partial charge in [0.15, 0.2) is 11.5 Å². The van der Waals surface area contributed by atoms with Crippen molar-refractivity contribution in [2.24, 2.45) is 0 Å². The van der Waals surface area contributed by atoms with Gasteiger partial charge in [0.25, 0.3) is 5.91 Å². The third-order valence-electron chi connectivity index (χ3n) is 6.75. The van der Waals surface area contributed by atoms with Crippen LogP contribution in [0.3, 0.4) is 0 Å². The molecule has 0 N–H and O–H groups in total. The van der Waals surface area contributed by atoms with E-state index in [1.807, 2.05) is 31.2 Å². The summed E-state index contributed by atoms with van der Waals surface area (Å²) in [5, 5.41) is 0.982. The highest BCUT2D eigenvalue weighted by Crippen LogP contribution is 2.38. The molecule has 1 aliphatic rings. The Morgan fingerprint density at radius 2 is 1.41 bits per heavy atom. The summed E-state index contributed by atoms with van der Waals surface area (Å²) < 4.78 is 21.7. The van der Waals surface area contributed by atoms with Gasteiger partial charge in [0.2, 0.25) is 11.7 Å². The predicted molar refractivity (Wildman–Crippen MR) is 160 cm³/mol. The number of piperazine rings is 1. The average molecular weight is 600 g/mol. The summed E-state index contributed by atoms with van der Waals surface area (Å²) in [7, 11) is 4.51. The number of hydrogen-bond acceptors (Lipinski definition) is 6. The molecule has 1 saturated heterocycles. The first-order valence-corrected chi connectivity index (χ1v) is 13.8. The van der Waals surface area contributed by atoms with Gasteiger partial charge in [-0.1, -0.05) is 35.3 Å². The molecule has 3 aromatic carbocycles. The second kappa shape index (κ2) is 13.7. The van der Waals surface area contributed by atoms with E-state index in [1.165, 1.54) is 21.3 Å². The molecule has 0 saturated carbocycles. The summed E-state index contributed by atoms with van der Waals surface area (Å²) in [5.74, 6) is 1.56. The number of benzene rings is 3. The Morgan fingerprint density at radius 3 is 1.98 bits per heavy atom. The molecule has 0 atom stereocenters. The van der Waals surface area contributed by atoms with E-state index >= 15 is 0 Å². The number of carbonyl (C=O) groups excluding carboxylic acids is 2. The third-order valence-corrected chi connectivity index (χ3v) is 7.32. The van der Waals surface area contributed by atoms with Crippen molar-refractivity contribution < 1.29 is 28.5 Å². The van der Waals surface area contributed by atoms with Gasteiger partial charge in [-0.2, -0.15) is 0 Å². The molecule has 41 heavy (non-hydrogen) atoms. The van der Waals surface area contributed by atoms with Gasteiger partial charge in [0.05, 0.1) is 27.9 Å². The molecule has 0 bridgehead atoms. The summed E-state index contributed by atoms with van der Waals surface area (Å²) in [6.07, 6.45) is 1.57. The molecule has 1 fully saturated rings. The van der Waals surface area contributed by atoms with Crippen LogP contribution in [-0.2, 0) is 4.79 Å². The van der Waals surface area contributed by atoms with Crippen molar-refractivity contribution >= 4 is 40.6 Å². The van der Waals surface area contributed by atoms with Gasteiger partial charge < -0.3 is 28.7 Å². The van der Waals surface area contributed by atoms with E-state index in [4.69, 9.17) is 42.1 Å². The van der Waals surface area contributed by atoms with Crippen LogP contribution < -0.4 is 18.9 Å². The second-order valence-corrected chi connectivity index (χ2v) is 10.0. The third kappa shape index (κ3) is 6.89. The predicted octanol–water partition coefficient (Wildman–Crippen LogP) is 5.83. The molecule has 0 spiro atoms. The minimum absolute atomic E-state index is 0.187. The summed E-state index contributed by atoms with van der Waals surface area (Å²) in [6.45, 7) is 3.93. The van der Waals surface area contributed by atoms with Crippen LogP contribution in [0, 0.1) is 0 Å². The van der Waals surface area contributed by atoms with Crippen molar-refractivity contribution in [2.75, 3.05) is 54.1 Å². The zero-order valence-electron chi connectivity index (χ0n) is 23.4. The number of carbonyl (C=O) groups is 2. The normalized spacial score (nSPS) is 13.6. The fourth-order valence-electron chi connectivity index (χ4n) is 4.65. The molecular formula is C31H32Cl2N2O6. The fourth-order valence-corrected chi connectivity index (χ4v) is 5.04. The van der Waals surface area contributed by atoms with Crippen molar-refractivity contribution in [1.29, 1.82) is 0 Å². The lowest BCUT2D eigenvalue weighted by Crippen LogP contribution is -2.50. The van der Waals surface area contributed by atoms with Crippen LogP contribution >= 0.6 is 23.2 Å². The average Bonchev–Trinajstić information content (AvgIpc) is 3.00. The highest BCUT2D eigenvalue weighted by atomic mass is 35.5. The van der Waals surface area contributed by atoms with Crippen LogP contribution in [0.1, 0.15) is 28.4 Å². The molecular weight excluding hydrogens is 567 g/mol. The molecule has 1 heterocycles. The summed E-state index contributed by atoms with van der Waals surface area (Å²) >= 11 is 12.8. The molecule has 0 aliphatic carbocycles. The molecule has 8 nitrogen and oxygen atoms in total. The quantitative estimate of drug-likeness (QED) is 0.288. The Labute approximate surface area is 249 Å². The van der Waals surface area contributed by atoms with Gasteiger partial charge in [-0.15, -0.1) is 0 Å². The largest absolute Gasteiger partial charge is 0.494 e. The highest BCUT2D eigenvalue weighted by Gasteiger charge is 2.27. The lowest BCUT2D eigenvalue weighted by atomic mass is 9.97. The Hall–Kier alpha value is -3.88. The van der Waals surface area contributed by atoms with Crippen LogP contribution in [0.25, 0.3) is 5.57 Å². The zero-order chi connectivity index (χ0) is 29.5. The van der Waals surface area contributed by atoms with E-state index < -0.39 is 0 Å². The van der Waals surface area contributed by atoms with E-state index in [1.54, 1.807) is 46.2 Å². The van der Waals surface area contributed by atoms with E-state index in [9.17, 15) is 9.59 Å². The van der Waals surface area contributed by atoms with Gasteiger partial charge in [-0.25, -0.2) is 0 Å². The van der Waals surface area contributed by atoms with Crippen molar-refractivity contribution in [3.8, 4) is 23.0 Å². The maximum Gasteiger partial charge on any atom is 0.254 e. The van der Waals surface area contributed by atoms with Crippen LogP contribution in [0.15, 0.2) is 60.7 Å². The fraction of sp³-hybridized carbons (Fsp3) is 0.290. The Kier molecular flexibility index (Phi) is 10.0. The van der Waals surface area contributed by atoms with Crippen molar-refractivity contribution in [2.45, 2.75) is 6.92 Å². The van der Waals surface area contributed by atoms with E-state index in [2.05, 4.69) is 0 Å².